The molecule has 32 heteroatoms. The van der Waals surface area contributed by atoms with Crippen molar-refractivity contribution < 1.29 is 105 Å². The Morgan fingerprint density at radius 2 is 0.316 bits per heavy atom. The van der Waals surface area contributed by atoms with E-state index in [9.17, 15) is 52.7 Å². The van der Waals surface area contributed by atoms with Gasteiger partial charge in [-0.05, 0) is 196 Å². The van der Waals surface area contributed by atoms with Gasteiger partial charge in [0, 0.05) is 11.1 Å². The van der Waals surface area contributed by atoms with Crippen LogP contribution in [0.2, 0.25) is 0 Å². The molecule has 0 fully saturated rings. The van der Waals surface area contributed by atoms with Crippen molar-refractivity contribution in [2.75, 3.05) is 0 Å². The Morgan fingerprint density at radius 1 is 0.197 bits per heavy atom. The number of aryl methyl sites for hydroxylation is 9. The predicted molar refractivity (Wildman–Crippen MR) is 432 cm³/mol. The van der Waals surface area contributed by atoms with E-state index in [1.54, 1.807) is 0 Å². The molecule has 622 valence electrons. The standard InChI is InChI=1S/2C21H21S.C20H19S.C19H17S.4CHF3O3S/c1-16-4-10-19(11-5-16)22(20-12-6-17(2)7-13-20)21-14-8-18(3)9-15-21;1-16-14-17(2)21(18(3)15-16)22(19-10-6-4-7-11-19)20-12-8-5-9-13-20;1-16-8-12-19(13-9-16)21(18-6-4-3-5-7-18)20-14-10-17(2)11-15-20;1-16-12-14-19(15-13-16)20(17-8-4-2-5-9-17)18-10-6-3-7-11-18;4*2-1(3,4)8(5,6)7/h2*4-15H,1-3H3;3-15H,1-2H3;2-15H,1H3;4*(H,5,6,7)/q4*+1;;;;/p-4. The van der Waals surface area contributed by atoms with Crippen molar-refractivity contribution in [2.24, 2.45) is 0 Å². The molecule has 12 aromatic carbocycles. The van der Waals surface area contributed by atoms with Gasteiger partial charge in [0.25, 0.3) is 0 Å². The first-order valence-corrected chi connectivity index (χ1v) is 44.7. The van der Waals surface area contributed by atoms with Crippen molar-refractivity contribution in [3.05, 3.63) is 359 Å². The van der Waals surface area contributed by atoms with E-state index >= 15 is 0 Å². The summed E-state index contributed by atoms with van der Waals surface area (Å²) < 4.78 is 236. The van der Waals surface area contributed by atoms with Gasteiger partial charge >= 0.3 is 22.0 Å². The fourth-order valence-electron chi connectivity index (χ4n) is 9.91. The van der Waals surface area contributed by atoms with Gasteiger partial charge in [-0.2, -0.15) is 52.7 Å². The highest BCUT2D eigenvalue weighted by atomic mass is 32.2. The lowest BCUT2D eigenvalue weighted by atomic mass is 10.1. The SMILES string of the molecule is Cc1cc(C)c([S+](c2ccccc2)c2ccccc2)c(C)c1.Cc1ccc([S+](c2ccc(C)cc2)c2ccc(C)cc2)cc1.Cc1ccc([S+](c2ccccc2)c2ccc(C)cc2)cc1.Cc1ccc([S+](c2ccccc2)c2ccccc2)cc1.O=S(=O)([O-])C(F)(F)F.O=S(=O)([O-])C(F)(F)F.O=S(=O)([O-])C(F)(F)F.O=S(=O)([O-])C(F)(F)F. The summed E-state index contributed by atoms with van der Waals surface area (Å²) in [6.07, 6.45) is 0. The second kappa shape index (κ2) is 44.0. The number of hydrogen-bond acceptors (Lipinski definition) is 12. The van der Waals surface area contributed by atoms with Crippen LogP contribution in [0.15, 0.2) is 368 Å². The minimum atomic E-state index is -6.09. The molecule has 0 saturated carbocycles. The topological polar surface area (TPSA) is 229 Å². The van der Waals surface area contributed by atoms with E-state index in [1.165, 1.54) is 109 Å². The van der Waals surface area contributed by atoms with Crippen LogP contribution in [-0.4, -0.2) is 73.9 Å². The van der Waals surface area contributed by atoms with E-state index in [4.69, 9.17) is 51.9 Å². The highest BCUT2D eigenvalue weighted by Gasteiger charge is 2.40. The van der Waals surface area contributed by atoms with Gasteiger partial charge < -0.3 is 18.2 Å². The van der Waals surface area contributed by atoms with E-state index in [1.807, 2.05) is 0 Å². The summed E-state index contributed by atoms with van der Waals surface area (Å²) >= 11 is 0. The highest BCUT2D eigenvalue weighted by molar-refractivity contribution is 7.98. The fraction of sp³-hybridized carbons (Fsp3) is 0.153. The van der Waals surface area contributed by atoms with Gasteiger partial charge in [0.1, 0.15) is 0 Å². The third-order valence-electron chi connectivity index (χ3n) is 15.4. The second-order valence-corrected chi connectivity index (χ2v) is 38.5. The maximum Gasteiger partial charge on any atom is 0.485 e. The van der Waals surface area contributed by atoms with Crippen LogP contribution in [0.1, 0.15) is 50.1 Å². The fourth-order valence-corrected chi connectivity index (χ4v) is 18.5. The number of hydrogen-bond donors (Lipinski definition) is 0. The van der Waals surface area contributed by atoms with Gasteiger partial charge in [0.05, 0.1) is 43.6 Å². The maximum atomic E-state index is 10.7. The highest BCUT2D eigenvalue weighted by Crippen LogP contribution is 2.38. The van der Waals surface area contributed by atoms with Gasteiger partial charge in [-0.1, -0.05) is 215 Å². The van der Waals surface area contributed by atoms with Crippen LogP contribution in [0, 0.1) is 62.3 Å². The van der Waals surface area contributed by atoms with Crippen molar-refractivity contribution in [2.45, 2.75) is 143 Å². The number of rotatable bonds is 12. The van der Waals surface area contributed by atoms with Gasteiger partial charge in [-0.25, -0.2) is 33.7 Å². The Balaban J connectivity index is 0.000000248. The molecule has 12 nitrogen and oxygen atoms in total. The summed E-state index contributed by atoms with van der Waals surface area (Å²) in [5.41, 5.74) is -10.7. The number of halogens is 12. The average Bonchev–Trinajstić information content (AvgIpc) is 0.790. The molecule has 0 spiro atoms. The molecule has 12 aromatic rings. The van der Waals surface area contributed by atoms with E-state index in [2.05, 4.69) is 372 Å². The summed E-state index contributed by atoms with van der Waals surface area (Å²) in [4.78, 5) is 16.5. The van der Waals surface area contributed by atoms with Crippen LogP contribution in [0.5, 0.6) is 0 Å². The second-order valence-electron chi connectivity index (χ2n) is 25.0. The first-order valence-electron chi connectivity index (χ1n) is 34.2. The van der Waals surface area contributed by atoms with Gasteiger partial charge in [0.2, 0.25) is 0 Å². The zero-order valence-electron chi connectivity index (χ0n) is 63.6. The Kier molecular flexibility index (Phi) is 37.0. The van der Waals surface area contributed by atoms with Crippen molar-refractivity contribution >= 4 is 84.1 Å². The molecule has 0 N–H and O–H groups in total. The Hall–Kier alpha value is -9.16. The summed E-state index contributed by atoms with van der Waals surface area (Å²) in [7, 11) is -24.5. The van der Waals surface area contributed by atoms with Gasteiger partial charge in [-0.15, -0.1) is 0 Å². The Morgan fingerprint density at radius 3 is 0.444 bits per heavy atom. The normalized spacial score (nSPS) is 11.7. The first kappa shape index (κ1) is 98.4. The summed E-state index contributed by atoms with van der Waals surface area (Å²) in [5, 5.41) is 0. The maximum absolute atomic E-state index is 10.7. The quantitative estimate of drug-likeness (QED) is 0.0481. The molecule has 0 aliphatic rings. The van der Waals surface area contributed by atoms with Crippen LogP contribution >= 0.6 is 0 Å². The van der Waals surface area contributed by atoms with Crippen LogP contribution < -0.4 is 0 Å². The van der Waals surface area contributed by atoms with E-state index in [-0.39, 0.29) is 43.6 Å². The zero-order chi connectivity index (χ0) is 87.5. The first-order chi connectivity index (χ1) is 54.4. The smallest absolute Gasteiger partial charge is 0.485 e. The Bertz CT molecular complexity index is 5100. The molecule has 0 amide bonds. The molecular formula is C85H78F12O12S8. The third kappa shape index (κ3) is 32.2. The lowest BCUT2D eigenvalue weighted by Gasteiger charge is -2.13. The third-order valence-corrected chi connectivity index (χ3v) is 26.9. The van der Waals surface area contributed by atoms with Crippen LogP contribution in [0.25, 0.3) is 0 Å². The van der Waals surface area contributed by atoms with Crippen molar-refractivity contribution in [3.63, 3.8) is 0 Å². The molecule has 0 saturated heterocycles. The summed E-state index contributed by atoms with van der Waals surface area (Å²) in [6, 6.07) is 112. The minimum absolute atomic E-state index is 0.0229. The van der Waals surface area contributed by atoms with E-state index < -0.39 is 62.5 Å². The summed E-state index contributed by atoms with van der Waals surface area (Å²) in [6.45, 7) is 19.5. The van der Waals surface area contributed by atoms with Gasteiger partial charge in [0.15, 0.2) is 99.2 Å². The average molecular weight is 1780 g/mol. The van der Waals surface area contributed by atoms with Crippen LogP contribution in [0.4, 0.5) is 52.7 Å². The molecule has 0 heterocycles. The summed E-state index contributed by atoms with van der Waals surface area (Å²) in [5.74, 6) is 0. The molecule has 0 aliphatic carbocycles. The molecular weight excluding hydrogens is 1700 g/mol. The number of benzene rings is 12. The lowest BCUT2D eigenvalue weighted by molar-refractivity contribution is -0.0522. The van der Waals surface area contributed by atoms with Crippen molar-refractivity contribution in [1.29, 1.82) is 0 Å². The van der Waals surface area contributed by atoms with Crippen LogP contribution in [0.3, 0.4) is 0 Å². The monoisotopic (exact) mass is 1770 g/mol. The molecule has 12 rings (SSSR count). The van der Waals surface area contributed by atoms with E-state index in [0.29, 0.717) is 0 Å². The predicted octanol–water partition coefficient (Wildman–Crippen LogP) is 22.1. The minimum Gasteiger partial charge on any atom is -0.741 e. The largest absolute Gasteiger partial charge is 0.741 e. The van der Waals surface area contributed by atoms with E-state index in [0.717, 1.165) is 0 Å². The lowest BCUT2D eigenvalue weighted by Crippen LogP contribution is -2.21. The molecule has 0 radical (unpaired) electrons. The molecule has 0 unspecified atom stereocenters. The molecule has 0 aliphatic heterocycles. The van der Waals surface area contributed by atoms with Crippen molar-refractivity contribution in [3.8, 4) is 0 Å². The van der Waals surface area contributed by atoms with Gasteiger partial charge in [-0.3, -0.25) is 0 Å². The number of alkyl halides is 12. The Labute approximate surface area is 686 Å². The van der Waals surface area contributed by atoms with Crippen LogP contribution in [-0.2, 0) is 84.1 Å². The molecule has 0 atom stereocenters. The molecule has 0 aromatic heterocycles. The zero-order valence-corrected chi connectivity index (χ0v) is 70.2. The van der Waals surface area contributed by atoms with Crippen molar-refractivity contribution in [1.82, 2.24) is 0 Å². The molecule has 117 heavy (non-hydrogen) atoms. The molecule has 0 bridgehead atoms.